The van der Waals surface area contributed by atoms with Crippen molar-refractivity contribution >= 4 is 12.6 Å². The molecule has 0 N–H and O–H groups in total. The molecule has 2 bridgehead atoms. The van der Waals surface area contributed by atoms with Crippen molar-refractivity contribution in [3.63, 3.8) is 0 Å². The summed E-state index contributed by atoms with van der Waals surface area (Å²) in [4.78, 5) is 0. The lowest BCUT2D eigenvalue weighted by atomic mass is 10.0. The zero-order valence-corrected chi connectivity index (χ0v) is 5.79. The van der Waals surface area contributed by atoms with Crippen molar-refractivity contribution in [2.75, 3.05) is 0 Å². The van der Waals surface area contributed by atoms with Gasteiger partial charge in [-0.1, -0.05) is 19.0 Å². The summed E-state index contributed by atoms with van der Waals surface area (Å²) < 4.78 is 0. The van der Waals surface area contributed by atoms with Crippen molar-refractivity contribution in [2.45, 2.75) is 30.9 Å². The zero-order valence-electron chi connectivity index (χ0n) is 4.97. The summed E-state index contributed by atoms with van der Waals surface area (Å²) in [6, 6.07) is 0. The molecule has 8 heavy (non-hydrogen) atoms. The highest BCUT2D eigenvalue weighted by Crippen LogP contribution is 2.46. The van der Waals surface area contributed by atoms with Gasteiger partial charge >= 0.3 is 0 Å². The molecule has 3 atom stereocenters. The highest BCUT2D eigenvalue weighted by molar-refractivity contribution is 7.81. The Balaban J connectivity index is 2.11. The van der Waals surface area contributed by atoms with Crippen LogP contribution >= 0.6 is 12.6 Å². The zero-order chi connectivity index (χ0) is 5.56. The van der Waals surface area contributed by atoms with Gasteiger partial charge in [-0.25, -0.2) is 0 Å². The van der Waals surface area contributed by atoms with Gasteiger partial charge in [-0.05, 0) is 31.1 Å². The minimum atomic E-state index is 0.661. The predicted molar refractivity (Wildman–Crippen MR) is 36.8 cm³/mol. The van der Waals surface area contributed by atoms with E-state index in [1.54, 1.807) is 0 Å². The maximum Gasteiger partial charge on any atom is 0.0182 e. The van der Waals surface area contributed by atoms with Crippen LogP contribution in [0.15, 0.2) is 0 Å². The van der Waals surface area contributed by atoms with Crippen molar-refractivity contribution < 1.29 is 0 Å². The average Bonchev–Trinajstić information content (AvgIpc) is 2.23. The Bertz CT molecular complexity index is 98.6. The highest BCUT2D eigenvalue weighted by atomic mass is 32.1. The summed E-state index contributed by atoms with van der Waals surface area (Å²) in [6.45, 7) is 0. The fourth-order valence-corrected chi connectivity index (χ4v) is 2.71. The van der Waals surface area contributed by atoms with Crippen LogP contribution in [0.4, 0.5) is 0 Å². The Labute approximate surface area is 56.1 Å². The van der Waals surface area contributed by atoms with E-state index < -0.39 is 0 Å². The number of fused-ring (bicyclic) bond motifs is 2. The maximum atomic E-state index is 5.25. The molecule has 3 unspecified atom stereocenters. The molecular formula is C7H11S. The van der Waals surface area contributed by atoms with E-state index in [9.17, 15) is 0 Å². The van der Waals surface area contributed by atoms with Gasteiger partial charge in [0.25, 0.3) is 0 Å². The largest absolute Gasteiger partial charge is 0.0901 e. The minimum absolute atomic E-state index is 0.661. The lowest BCUT2D eigenvalue weighted by Crippen LogP contribution is -2.08. The van der Waals surface area contributed by atoms with Gasteiger partial charge in [0.2, 0.25) is 0 Å². The topological polar surface area (TPSA) is 0 Å². The molecule has 45 valence electrons. The molecule has 0 amide bonds. The van der Waals surface area contributed by atoms with E-state index in [1.165, 1.54) is 25.7 Å². The standard InChI is InChI=1S/C7H11S/c8-7-4-5-1-2-6(7)3-5/h5-7H,1-4H2. The van der Waals surface area contributed by atoms with Crippen LogP contribution in [0.25, 0.3) is 0 Å². The fourth-order valence-electron chi connectivity index (χ4n) is 2.19. The van der Waals surface area contributed by atoms with Crippen molar-refractivity contribution in [3.8, 4) is 0 Å². The minimum Gasteiger partial charge on any atom is -0.0901 e. The summed E-state index contributed by atoms with van der Waals surface area (Å²) >= 11 is 5.25. The van der Waals surface area contributed by atoms with E-state index in [2.05, 4.69) is 0 Å². The first kappa shape index (κ1) is 5.16. The van der Waals surface area contributed by atoms with Gasteiger partial charge in [-0.3, -0.25) is 0 Å². The molecule has 0 aromatic rings. The first-order chi connectivity index (χ1) is 3.86. The lowest BCUT2D eigenvalue weighted by molar-refractivity contribution is 0.494. The number of rotatable bonds is 0. The third-order valence-electron chi connectivity index (χ3n) is 2.67. The Kier molecular flexibility index (Phi) is 1.07. The van der Waals surface area contributed by atoms with E-state index in [-0.39, 0.29) is 0 Å². The van der Waals surface area contributed by atoms with Crippen LogP contribution < -0.4 is 0 Å². The molecule has 1 radical (unpaired) electrons. The summed E-state index contributed by atoms with van der Waals surface area (Å²) in [7, 11) is 0. The van der Waals surface area contributed by atoms with E-state index >= 15 is 0 Å². The molecule has 2 aliphatic rings. The van der Waals surface area contributed by atoms with Gasteiger partial charge in [-0.2, -0.15) is 0 Å². The monoisotopic (exact) mass is 127 g/mol. The van der Waals surface area contributed by atoms with Gasteiger partial charge in [0, 0.05) is 5.25 Å². The Morgan fingerprint density at radius 3 is 2.25 bits per heavy atom. The Hall–Kier alpha value is 0.350. The molecular weight excluding hydrogens is 116 g/mol. The molecule has 2 fully saturated rings. The van der Waals surface area contributed by atoms with E-state index in [1.807, 2.05) is 0 Å². The van der Waals surface area contributed by atoms with Crippen LogP contribution in [0.1, 0.15) is 25.7 Å². The molecule has 2 aliphatic carbocycles. The van der Waals surface area contributed by atoms with E-state index in [0.717, 1.165) is 11.8 Å². The number of hydrogen-bond donors (Lipinski definition) is 0. The SMILES string of the molecule is [S]C1CC2CCC1C2. The quantitative estimate of drug-likeness (QED) is 0.468. The van der Waals surface area contributed by atoms with Crippen LogP contribution in [0.5, 0.6) is 0 Å². The third-order valence-corrected chi connectivity index (χ3v) is 3.25. The van der Waals surface area contributed by atoms with Crippen LogP contribution in [0, 0.1) is 11.8 Å². The summed E-state index contributed by atoms with van der Waals surface area (Å²) in [5.41, 5.74) is 0. The van der Waals surface area contributed by atoms with Gasteiger partial charge in [0.1, 0.15) is 0 Å². The van der Waals surface area contributed by atoms with Crippen LogP contribution in [0.2, 0.25) is 0 Å². The molecule has 0 aliphatic heterocycles. The van der Waals surface area contributed by atoms with Crippen LogP contribution in [-0.4, -0.2) is 5.25 Å². The summed E-state index contributed by atoms with van der Waals surface area (Å²) in [5, 5.41) is 0.661. The van der Waals surface area contributed by atoms with Crippen molar-refractivity contribution in [1.82, 2.24) is 0 Å². The van der Waals surface area contributed by atoms with Crippen LogP contribution in [-0.2, 0) is 0 Å². The molecule has 0 nitrogen and oxygen atoms in total. The molecule has 0 aromatic carbocycles. The highest BCUT2D eigenvalue weighted by Gasteiger charge is 2.37. The van der Waals surface area contributed by atoms with Gasteiger partial charge < -0.3 is 0 Å². The molecule has 1 heteroatoms. The van der Waals surface area contributed by atoms with Crippen molar-refractivity contribution in [3.05, 3.63) is 0 Å². The first-order valence-electron chi connectivity index (χ1n) is 3.52. The molecule has 2 saturated carbocycles. The van der Waals surface area contributed by atoms with Crippen molar-refractivity contribution in [1.29, 1.82) is 0 Å². The van der Waals surface area contributed by atoms with Crippen LogP contribution in [0.3, 0.4) is 0 Å². The smallest absolute Gasteiger partial charge is 0.0182 e. The Morgan fingerprint density at radius 1 is 1.12 bits per heavy atom. The van der Waals surface area contributed by atoms with Crippen molar-refractivity contribution in [2.24, 2.45) is 11.8 Å². The first-order valence-corrected chi connectivity index (χ1v) is 3.99. The molecule has 2 rings (SSSR count). The average molecular weight is 127 g/mol. The fraction of sp³-hybridized carbons (Fsp3) is 1.00. The van der Waals surface area contributed by atoms with Gasteiger partial charge in [0.05, 0.1) is 0 Å². The van der Waals surface area contributed by atoms with E-state index in [4.69, 9.17) is 12.6 Å². The molecule has 0 spiro atoms. The predicted octanol–water partition coefficient (Wildman–Crippen LogP) is 2.37. The maximum absolute atomic E-state index is 5.25. The Morgan fingerprint density at radius 2 is 2.00 bits per heavy atom. The van der Waals surface area contributed by atoms with Gasteiger partial charge in [0.15, 0.2) is 0 Å². The second-order valence-corrected chi connectivity index (χ2v) is 3.82. The third kappa shape index (κ3) is 0.604. The van der Waals surface area contributed by atoms with Gasteiger partial charge in [-0.15, -0.1) is 0 Å². The summed E-state index contributed by atoms with van der Waals surface area (Å²) in [6.07, 6.45) is 5.75. The summed E-state index contributed by atoms with van der Waals surface area (Å²) in [5.74, 6) is 2.00. The number of hydrogen-bond acceptors (Lipinski definition) is 0. The van der Waals surface area contributed by atoms with E-state index in [0.29, 0.717) is 5.25 Å². The second-order valence-electron chi connectivity index (χ2n) is 3.21. The normalized spacial score (nSPS) is 52.9. The lowest BCUT2D eigenvalue weighted by Gasteiger charge is -2.13. The molecule has 0 heterocycles. The second kappa shape index (κ2) is 1.66. The molecule has 0 saturated heterocycles. The molecule has 0 aromatic heterocycles.